The number of hydrogen-bond donors (Lipinski definition) is 2. The fourth-order valence-corrected chi connectivity index (χ4v) is 3.03. The highest BCUT2D eigenvalue weighted by molar-refractivity contribution is 6.02. The van der Waals surface area contributed by atoms with Crippen molar-refractivity contribution in [3.63, 3.8) is 0 Å². The Morgan fingerprint density at radius 3 is 2.47 bits per heavy atom. The first-order chi connectivity index (χ1) is 14.7. The molecule has 0 spiro atoms. The molecule has 30 heavy (non-hydrogen) atoms. The van der Waals surface area contributed by atoms with E-state index in [1.165, 1.54) is 4.90 Å². The summed E-state index contributed by atoms with van der Waals surface area (Å²) < 4.78 is 5.38. The van der Waals surface area contributed by atoms with Crippen LogP contribution < -0.4 is 20.4 Å². The summed E-state index contributed by atoms with van der Waals surface area (Å²) >= 11 is 0. The third kappa shape index (κ3) is 4.64. The molecule has 7 nitrogen and oxygen atoms in total. The zero-order chi connectivity index (χ0) is 20.8. The number of carbonyl (C=O) groups excluding carboxylic acids is 2. The van der Waals surface area contributed by atoms with Gasteiger partial charge in [0.1, 0.15) is 12.3 Å². The molecule has 1 aliphatic heterocycles. The number of anilines is 3. The summed E-state index contributed by atoms with van der Waals surface area (Å²) in [7, 11) is 0. The Bertz CT molecular complexity index is 1070. The predicted molar refractivity (Wildman–Crippen MR) is 116 cm³/mol. The fraction of sp³-hybridized carbons (Fsp3) is 0.0870. The van der Waals surface area contributed by atoms with Crippen molar-refractivity contribution in [3.8, 4) is 5.75 Å². The van der Waals surface area contributed by atoms with E-state index in [1.54, 1.807) is 24.4 Å². The number of fused-ring (bicyclic) bond motifs is 1. The smallest absolute Gasteiger partial charge is 0.265 e. The second-order valence-electron chi connectivity index (χ2n) is 6.64. The number of nitrogens with one attached hydrogen (secondary N) is 2. The number of hydrazone groups is 1. The van der Waals surface area contributed by atoms with Crippen LogP contribution in [0.15, 0.2) is 84.0 Å². The maximum Gasteiger partial charge on any atom is 0.265 e. The third-order valence-electron chi connectivity index (χ3n) is 4.49. The maximum atomic E-state index is 12.2. The molecule has 2 N–H and O–H groups in total. The van der Waals surface area contributed by atoms with Crippen molar-refractivity contribution >= 4 is 35.1 Å². The SMILES string of the molecule is O=C(CN1C(=O)COc2ccccc21)N/N=C\c1ccc(Nc2ccccc2)cc1. The molecule has 150 valence electrons. The summed E-state index contributed by atoms with van der Waals surface area (Å²) in [6.45, 7) is -0.215. The summed E-state index contributed by atoms with van der Waals surface area (Å²) in [5.41, 5.74) is 5.83. The van der Waals surface area contributed by atoms with Crippen LogP contribution in [0.5, 0.6) is 5.75 Å². The topological polar surface area (TPSA) is 83.0 Å². The van der Waals surface area contributed by atoms with Gasteiger partial charge in [-0.25, -0.2) is 5.43 Å². The molecule has 1 aliphatic rings. The normalized spacial score (nSPS) is 12.9. The van der Waals surface area contributed by atoms with E-state index in [-0.39, 0.29) is 19.1 Å². The molecule has 0 aliphatic carbocycles. The number of carbonyl (C=O) groups is 2. The van der Waals surface area contributed by atoms with Gasteiger partial charge in [-0.2, -0.15) is 5.10 Å². The van der Waals surface area contributed by atoms with Gasteiger partial charge in [-0.15, -0.1) is 0 Å². The number of benzene rings is 3. The Hall–Kier alpha value is -4.13. The van der Waals surface area contributed by atoms with Gasteiger partial charge in [0.2, 0.25) is 0 Å². The van der Waals surface area contributed by atoms with Crippen molar-refractivity contribution in [1.82, 2.24) is 5.43 Å². The number of rotatable bonds is 6. The molecule has 0 aromatic heterocycles. The van der Waals surface area contributed by atoms with Gasteiger partial charge in [-0.05, 0) is 42.0 Å². The molecule has 0 radical (unpaired) electrons. The van der Waals surface area contributed by atoms with Crippen LogP contribution in [-0.4, -0.2) is 31.2 Å². The Labute approximate surface area is 174 Å². The molecule has 3 aromatic rings. The van der Waals surface area contributed by atoms with Gasteiger partial charge in [0, 0.05) is 11.4 Å². The maximum absolute atomic E-state index is 12.2. The van der Waals surface area contributed by atoms with Gasteiger partial charge in [-0.1, -0.05) is 42.5 Å². The monoisotopic (exact) mass is 400 g/mol. The molecular formula is C23H20N4O3. The quantitative estimate of drug-likeness (QED) is 0.491. The molecule has 0 saturated heterocycles. The highest BCUT2D eigenvalue weighted by Gasteiger charge is 2.26. The highest BCUT2D eigenvalue weighted by Crippen LogP contribution is 2.31. The predicted octanol–water partition coefficient (Wildman–Crippen LogP) is 3.31. The van der Waals surface area contributed by atoms with Crippen molar-refractivity contribution in [3.05, 3.63) is 84.4 Å². The lowest BCUT2D eigenvalue weighted by Gasteiger charge is -2.28. The van der Waals surface area contributed by atoms with Gasteiger partial charge in [0.05, 0.1) is 11.9 Å². The lowest BCUT2D eigenvalue weighted by atomic mass is 10.2. The minimum absolute atomic E-state index is 0.0864. The van der Waals surface area contributed by atoms with Crippen LogP contribution in [0.25, 0.3) is 0 Å². The van der Waals surface area contributed by atoms with Gasteiger partial charge < -0.3 is 10.1 Å². The number of hydrogen-bond acceptors (Lipinski definition) is 5. The van der Waals surface area contributed by atoms with E-state index in [4.69, 9.17) is 4.74 Å². The molecular weight excluding hydrogens is 380 g/mol. The number of nitrogens with zero attached hydrogens (tertiary/aromatic N) is 2. The van der Waals surface area contributed by atoms with E-state index in [0.717, 1.165) is 16.9 Å². The zero-order valence-electron chi connectivity index (χ0n) is 16.1. The standard InChI is InChI=1S/C23H20N4O3/c28-22(15-27-20-8-4-5-9-21(20)30-16-23(27)29)26-24-14-17-10-12-19(13-11-17)25-18-6-2-1-3-7-18/h1-14,25H,15-16H2,(H,26,28)/b24-14-. The first kappa shape index (κ1) is 19.2. The van der Waals surface area contributed by atoms with Crippen LogP contribution in [-0.2, 0) is 9.59 Å². The van der Waals surface area contributed by atoms with Crippen LogP contribution in [0.4, 0.5) is 17.1 Å². The molecule has 1 heterocycles. The molecule has 2 amide bonds. The summed E-state index contributed by atoms with van der Waals surface area (Å²) in [4.78, 5) is 25.8. The van der Waals surface area contributed by atoms with E-state index >= 15 is 0 Å². The van der Waals surface area contributed by atoms with Gasteiger partial charge in [-0.3, -0.25) is 14.5 Å². The third-order valence-corrected chi connectivity index (χ3v) is 4.49. The van der Waals surface area contributed by atoms with Crippen LogP contribution in [0.1, 0.15) is 5.56 Å². The van der Waals surface area contributed by atoms with Crippen LogP contribution in [0, 0.1) is 0 Å². The summed E-state index contributed by atoms with van der Waals surface area (Å²) in [5.74, 6) is -0.0781. The second-order valence-corrected chi connectivity index (χ2v) is 6.64. The summed E-state index contributed by atoms with van der Waals surface area (Å²) in [6.07, 6.45) is 1.55. The molecule has 7 heteroatoms. The van der Waals surface area contributed by atoms with Gasteiger partial charge >= 0.3 is 0 Å². The van der Waals surface area contributed by atoms with Crippen LogP contribution >= 0.6 is 0 Å². The molecule has 0 bridgehead atoms. The van der Waals surface area contributed by atoms with E-state index in [2.05, 4.69) is 15.8 Å². The molecule has 4 rings (SSSR count). The lowest BCUT2D eigenvalue weighted by Crippen LogP contribution is -2.44. The average molecular weight is 400 g/mol. The van der Waals surface area contributed by atoms with Crippen molar-refractivity contribution in [2.75, 3.05) is 23.4 Å². The Morgan fingerprint density at radius 2 is 1.67 bits per heavy atom. The minimum atomic E-state index is -0.390. The first-order valence-corrected chi connectivity index (χ1v) is 9.45. The van der Waals surface area contributed by atoms with Gasteiger partial charge in [0.15, 0.2) is 6.61 Å². The van der Waals surface area contributed by atoms with Crippen LogP contribution in [0.2, 0.25) is 0 Å². The molecule has 0 saturated carbocycles. The minimum Gasteiger partial charge on any atom is -0.482 e. The number of ether oxygens (including phenoxy) is 1. The Balaban J connectivity index is 1.32. The summed E-state index contributed by atoms with van der Waals surface area (Å²) in [6, 6.07) is 24.6. The van der Waals surface area contributed by atoms with E-state index in [9.17, 15) is 9.59 Å². The van der Waals surface area contributed by atoms with Crippen molar-refractivity contribution < 1.29 is 14.3 Å². The van der Waals surface area contributed by atoms with E-state index in [1.807, 2.05) is 60.7 Å². The molecule has 0 unspecified atom stereocenters. The van der Waals surface area contributed by atoms with Crippen LogP contribution in [0.3, 0.4) is 0 Å². The largest absolute Gasteiger partial charge is 0.482 e. The molecule has 0 fully saturated rings. The number of para-hydroxylation sites is 3. The average Bonchev–Trinajstić information content (AvgIpc) is 2.78. The molecule has 0 atom stereocenters. The second kappa shape index (κ2) is 8.91. The molecule has 3 aromatic carbocycles. The summed E-state index contributed by atoms with van der Waals surface area (Å²) in [5, 5.41) is 7.29. The first-order valence-electron chi connectivity index (χ1n) is 9.45. The fourth-order valence-electron chi connectivity index (χ4n) is 3.03. The van der Waals surface area contributed by atoms with Crippen molar-refractivity contribution in [2.45, 2.75) is 0 Å². The Kier molecular flexibility index (Phi) is 5.70. The Morgan fingerprint density at radius 1 is 0.967 bits per heavy atom. The lowest BCUT2D eigenvalue weighted by molar-refractivity contribution is -0.125. The van der Waals surface area contributed by atoms with E-state index < -0.39 is 5.91 Å². The number of amides is 2. The van der Waals surface area contributed by atoms with Crippen molar-refractivity contribution in [2.24, 2.45) is 5.10 Å². The van der Waals surface area contributed by atoms with Gasteiger partial charge in [0.25, 0.3) is 11.8 Å². The van der Waals surface area contributed by atoms with E-state index in [0.29, 0.717) is 11.4 Å². The highest BCUT2D eigenvalue weighted by atomic mass is 16.5. The van der Waals surface area contributed by atoms with Crippen molar-refractivity contribution in [1.29, 1.82) is 0 Å². The zero-order valence-corrected chi connectivity index (χ0v) is 16.1.